The monoisotopic (exact) mass is 329 g/mol. The Balaban J connectivity index is 0.00000139. The van der Waals surface area contributed by atoms with Crippen molar-refractivity contribution in [3.05, 3.63) is 59.8 Å². The Morgan fingerprint density at radius 1 is 1.21 bits per heavy atom. The molecular formula is C19H27N3O2. The highest BCUT2D eigenvalue weighted by Crippen LogP contribution is 2.12. The van der Waals surface area contributed by atoms with Gasteiger partial charge in [-0.3, -0.25) is 9.59 Å². The van der Waals surface area contributed by atoms with Gasteiger partial charge in [-0.25, -0.2) is 0 Å². The summed E-state index contributed by atoms with van der Waals surface area (Å²) >= 11 is 0. The second-order valence-electron chi connectivity index (χ2n) is 5.36. The van der Waals surface area contributed by atoms with Crippen LogP contribution in [0.25, 0.3) is 0 Å². The largest absolute Gasteiger partial charge is 0.342 e. The molecule has 5 nitrogen and oxygen atoms in total. The fraction of sp³-hybridized carbons (Fsp3) is 0.368. The van der Waals surface area contributed by atoms with Crippen molar-refractivity contribution in [1.29, 1.82) is 0 Å². The highest BCUT2D eigenvalue weighted by atomic mass is 16.2. The quantitative estimate of drug-likeness (QED) is 0.814. The molecule has 24 heavy (non-hydrogen) atoms. The number of nitrogens with two attached hydrogens (primary N) is 1. The summed E-state index contributed by atoms with van der Waals surface area (Å²) in [6.45, 7) is 7.21. The normalized spacial score (nSPS) is 13.8. The number of likely N-dealkylation sites (tertiary alicyclic amines) is 1. The van der Waals surface area contributed by atoms with Crippen LogP contribution in [0.1, 0.15) is 35.7 Å². The van der Waals surface area contributed by atoms with Crippen molar-refractivity contribution in [2.45, 2.75) is 26.2 Å². The number of hydrogen-bond donors (Lipinski definition) is 2. The topological polar surface area (TPSA) is 75.4 Å². The third-order valence-electron chi connectivity index (χ3n) is 3.82. The highest BCUT2D eigenvalue weighted by Gasteiger charge is 2.18. The van der Waals surface area contributed by atoms with Gasteiger partial charge in [0.05, 0.1) is 6.42 Å². The summed E-state index contributed by atoms with van der Waals surface area (Å²) in [7, 11) is 1.50. The number of carbonyl (C=O) groups excluding carboxylic acids is 2. The van der Waals surface area contributed by atoms with Crippen LogP contribution in [0, 0.1) is 0 Å². The van der Waals surface area contributed by atoms with Crippen molar-refractivity contribution in [1.82, 2.24) is 10.2 Å². The number of hydrogen-bond acceptors (Lipinski definition) is 3. The lowest BCUT2D eigenvalue weighted by Crippen LogP contribution is -2.29. The van der Waals surface area contributed by atoms with Gasteiger partial charge in [0.25, 0.3) is 5.91 Å². The van der Waals surface area contributed by atoms with Crippen LogP contribution < -0.4 is 11.1 Å². The lowest BCUT2D eigenvalue weighted by atomic mass is 10.1. The average molecular weight is 329 g/mol. The fourth-order valence-corrected chi connectivity index (χ4v) is 2.47. The molecule has 0 bridgehead atoms. The molecule has 130 valence electrons. The number of benzene rings is 1. The van der Waals surface area contributed by atoms with Crippen LogP contribution in [-0.4, -0.2) is 36.9 Å². The standard InChI is InChI=1S/C18H22N2O2.CH5N/c1-3-16(4-2)19-18(22)15-9-7-14(8-10-15)13-17(21)20-11-5-6-12-20;1-2/h3-4,7-10H,1,5-6,11-13H2,2H3,(H,19,22);2H2,1H3/b16-4+;. The summed E-state index contributed by atoms with van der Waals surface area (Å²) in [6.07, 6.45) is 5.98. The van der Waals surface area contributed by atoms with Gasteiger partial charge < -0.3 is 16.0 Å². The van der Waals surface area contributed by atoms with Crippen molar-refractivity contribution >= 4 is 11.8 Å². The summed E-state index contributed by atoms with van der Waals surface area (Å²) in [5, 5.41) is 2.77. The molecule has 0 saturated carbocycles. The molecule has 1 heterocycles. The third kappa shape index (κ3) is 5.66. The zero-order valence-electron chi connectivity index (χ0n) is 14.5. The van der Waals surface area contributed by atoms with Gasteiger partial charge in [-0.2, -0.15) is 0 Å². The number of carbonyl (C=O) groups is 2. The van der Waals surface area contributed by atoms with Gasteiger partial charge in [0, 0.05) is 24.4 Å². The molecule has 1 aliphatic rings. The van der Waals surface area contributed by atoms with Crippen LogP contribution in [0.15, 0.2) is 48.7 Å². The van der Waals surface area contributed by atoms with E-state index in [1.54, 1.807) is 24.3 Å². The Bertz CT molecular complexity index is 585. The number of amides is 2. The van der Waals surface area contributed by atoms with Crippen LogP contribution in [0.5, 0.6) is 0 Å². The third-order valence-corrected chi connectivity index (χ3v) is 3.82. The highest BCUT2D eigenvalue weighted by molar-refractivity contribution is 5.95. The van der Waals surface area contributed by atoms with Crippen molar-refractivity contribution in [2.75, 3.05) is 20.1 Å². The fourth-order valence-electron chi connectivity index (χ4n) is 2.47. The molecule has 1 aliphatic heterocycles. The number of nitrogens with one attached hydrogen (secondary N) is 1. The first-order valence-electron chi connectivity index (χ1n) is 8.18. The van der Waals surface area contributed by atoms with E-state index < -0.39 is 0 Å². The second-order valence-corrected chi connectivity index (χ2v) is 5.36. The van der Waals surface area contributed by atoms with Crippen molar-refractivity contribution < 1.29 is 9.59 Å². The lowest BCUT2D eigenvalue weighted by molar-refractivity contribution is -0.129. The molecule has 1 saturated heterocycles. The Hall–Kier alpha value is -2.40. The van der Waals surface area contributed by atoms with Gasteiger partial charge in [-0.15, -0.1) is 0 Å². The number of rotatable bonds is 5. The Labute approximate surface area is 144 Å². The van der Waals surface area contributed by atoms with E-state index in [0.717, 1.165) is 31.5 Å². The molecule has 0 aromatic heterocycles. The molecule has 3 N–H and O–H groups in total. The molecule has 1 aromatic carbocycles. The molecule has 1 aromatic rings. The van der Waals surface area contributed by atoms with E-state index >= 15 is 0 Å². The van der Waals surface area contributed by atoms with Crippen LogP contribution >= 0.6 is 0 Å². The average Bonchev–Trinajstić information content (AvgIpc) is 3.16. The van der Waals surface area contributed by atoms with Crippen LogP contribution in [0.2, 0.25) is 0 Å². The van der Waals surface area contributed by atoms with E-state index in [1.165, 1.54) is 7.05 Å². The first-order chi connectivity index (χ1) is 11.6. The lowest BCUT2D eigenvalue weighted by Gasteiger charge is -2.15. The first-order valence-corrected chi connectivity index (χ1v) is 8.18. The van der Waals surface area contributed by atoms with Gasteiger partial charge >= 0.3 is 0 Å². The predicted molar refractivity (Wildman–Crippen MR) is 97.5 cm³/mol. The van der Waals surface area contributed by atoms with Gasteiger partial charge in [-0.1, -0.05) is 24.8 Å². The summed E-state index contributed by atoms with van der Waals surface area (Å²) in [6, 6.07) is 7.18. The number of nitrogens with zero attached hydrogens (tertiary/aromatic N) is 1. The van der Waals surface area contributed by atoms with Crippen molar-refractivity contribution in [2.24, 2.45) is 5.73 Å². The minimum Gasteiger partial charge on any atom is -0.342 e. The maximum Gasteiger partial charge on any atom is 0.255 e. The summed E-state index contributed by atoms with van der Waals surface area (Å²) in [5.74, 6) is -0.0111. The van der Waals surface area contributed by atoms with E-state index in [4.69, 9.17) is 0 Å². The molecular weight excluding hydrogens is 302 g/mol. The zero-order chi connectivity index (χ0) is 17.9. The Kier molecular flexibility index (Phi) is 8.50. The second kappa shape index (κ2) is 10.4. The van der Waals surface area contributed by atoms with Crippen molar-refractivity contribution in [3.8, 4) is 0 Å². The molecule has 0 unspecified atom stereocenters. The molecule has 5 heteroatoms. The minimum atomic E-state index is -0.176. The van der Waals surface area contributed by atoms with Gasteiger partial charge in [0.2, 0.25) is 5.91 Å². The van der Waals surface area contributed by atoms with Crippen LogP contribution in [0.3, 0.4) is 0 Å². The molecule has 2 amide bonds. The minimum absolute atomic E-state index is 0.164. The summed E-state index contributed by atoms with van der Waals surface area (Å²) in [5.41, 5.74) is 6.68. The van der Waals surface area contributed by atoms with E-state index in [9.17, 15) is 9.59 Å². The van der Waals surface area contributed by atoms with Gasteiger partial charge in [0.15, 0.2) is 0 Å². The van der Waals surface area contributed by atoms with Crippen LogP contribution in [-0.2, 0) is 11.2 Å². The smallest absolute Gasteiger partial charge is 0.255 e. The van der Waals surface area contributed by atoms with Crippen LogP contribution in [0.4, 0.5) is 0 Å². The molecule has 0 spiro atoms. The summed E-state index contributed by atoms with van der Waals surface area (Å²) < 4.78 is 0. The maximum atomic E-state index is 12.1. The van der Waals surface area contributed by atoms with E-state index in [-0.39, 0.29) is 11.8 Å². The molecule has 0 aliphatic carbocycles. The molecule has 1 fully saturated rings. The van der Waals surface area contributed by atoms with E-state index in [2.05, 4.69) is 17.6 Å². The SMILES string of the molecule is C=C/C(=C\C)NC(=O)c1ccc(CC(=O)N2CCCC2)cc1.CN. The molecule has 0 radical (unpaired) electrons. The van der Waals surface area contributed by atoms with E-state index in [1.807, 2.05) is 24.0 Å². The Morgan fingerprint density at radius 3 is 2.29 bits per heavy atom. The van der Waals surface area contributed by atoms with Gasteiger partial charge in [0.1, 0.15) is 0 Å². The Morgan fingerprint density at radius 2 is 1.79 bits per heavy atom. The molecule has 2 rings (SSSR count). The zero-order valence-corrected chi connectivity index (χ0v) is 14.5. The first kappa shape index (κ1) is 19.6. The predicted octanol–water partition coefficient (Wildman–Crippen LogP) is 2.25. The molecule has 0 atom stereocenters. The van der Waals surface area contributed by atoms with Crippen molar-refractivity contribution in [3.63, 3.8) is 0 Å². The summed E-state index contributed by atoms with van der Waals surface area (Å²) in [4.78, 5) is 26.0. The maximum absolute atomic E-state index is 12.1. The number of allylic oxidation sites excluding steroid dienone is 2. The van der Waals surface area contributed by atoms with Gasteiger partial charge in [-0.05, 0) is 50.6 Å². The van der Waals surface area contributed by atoms with E-state index in [0.29, 0.717) is 17.7 Å².